The number of likely N-dealkylation sites (N-methyl/N-ethyl adjacent to an activating group) is 1. The fourth-order valence-electron chi connectivity index (χ4n) is 3.78. The summed E-state index contributed by atoms with van der Waals surface area (Å²) >= 11 is 0. The van der Waals surface area contributed by atoms with Crippen molar-refractivity contribution >= 4 is 5.91 Å². The second-order valence-corrected chi connectivity index (χ2v) is 6.56. The van der Waals surface area contributed by atoms with Crippen molar-refractivity contribution in [2.75, 3.05) is 26.2 Å². The molecule has 0 spiro atoms. The molecule has 2 aliphatic rings. The molecule has 0 radical (unpaired) electrons. The number of hydrogen-bond donors (Lipinski definition) is 2. The first-order valence-electron chi connectivity index (χ1n) is 8.43. The molecule has 0 aromatic heterocycles. The number of hydrogen-bond acceptors (Lipinski definition) is 3. The molecule has 3 N–H and O–H groups in total. The molecule has 1 saturated carbocycles. The normalized spacial score (nSPS) is 31.4. The minimum Gasteiger partial charge on any atom is -0.355 e. The zero-order valence-electron chi connectivity index (χ0n) is 12.9. The van der Waals surface area contributed by atoms with Crippen LogP contribution in [0.4, 0.5) is 0 Å². The van der Waals surface area contributed by atoms with Crippen LogP contribution < -0.4 is 11.1 Å². The van der Waals surface area contributed by atoms with Gasteiger partial charge >= 0.3 is 0 Å². The third-order valence-corrected chi connectivity index (χ3v) is 5.21. The minimum atomic E-state index is 0.254. The topological polar surface area (TPSA) is 58.4 Å². The zero-order valence-corrected chi connectivity index (χ0v) is 12.9. The van der Waals surface area contributed by atoms with E-state index in [2.05, 4.69) is 17.1 Å². The summed E-state index contributed by atoms with van der Waals surface area (Å²) in [4.78, 5) is 14.5. The molecule has 0 bridgehead atoms. The van der Waals surface area contributed by atoms with Crippen molar-refractivity contribution in [3.8, 4) is 0 Å². The molecule has 1 aliphatic carbocycles. The lowest BCUT2D eigenvalue weighted by Gasteiger charge is -2.27. The Kier molecular flexibility index (Phi) is 6.30. The van der Waals surface area contributed by atoms with Crippen LogP contribution in [0.15, 0.2) is 0 Å². The number of nitrogens with one attached hydrogen (secondary N) is 1. The summed E-state index contributed by atoms with van der Waals surface area (Å²) in [5, 5.41) is 3.16. The van der Waals surface area contributed by atoms with E-state index in [0.29, 0.717) is 17.9 Å². The molecule has 4 nitrogen and oxygen atoms in total. The smallest absolute Gasteiger partial charge is 0.220 e. The summed E-state index contributed by atoms with van der Waals surface area (Å²) in [7, 11) is 0. The molecule has 0 aromatic rings. The van der Waals surface area contributed by atoms with E-state index in [4.69, 9.17) is 5.73 Å². The fourth-order valence-corrected chi connectivity index (χ4v) is 3.78. The first-order chi connectivity index (χ1) is 9.72. The molecule has 1 aliphatic heterocycles. The standard InChI is InChI=1S/C16H31N3O/c1-2-19-9-3-4-15(19)12-18-16(20)10-13-5-7-14(11-17)8-6-13/h13-15H,2-12,17H2,1H3,(H,18,20). The summed E-state index contributed by atoms with van der Waals surface area (Å²) in [6.07, 6.45) is 8.00. The Labute approximate surface area is 123 Å². The van der Waals surface area contributed by atoms with E-state index in [1.165, 1.54) is 45.1 Å². The molecule has 1 atom stereocenters. The Morgan fingerprint density at radius 2 is 1.90 bits per heavy atom. The average Bonchev–Trinajstić information content (AvgIpc) is 2.93. The minimum absolute atomic E-state index is 0.254. The van der Waals surface area contributed by atoms with Crippen molar-refractivity contribution in [2.45, 2.75) is 57.9 Å². The summed E-state index contributed by atoms with van der Waals surface area (Å²) in [6.45, 7) is 6.15. The highest BCUT2D eigenvalue weighted by molar-refractivity contribution is 5.76. The van der Waals surface area contributed by atoms with Gasteiger partial charge in [0.1, 0.15) is 0 Å². The fraction of sp³-hybridized carbons (Fsp3) is 0.938. The van der Waals surface area contributed by atoms with Crippen LogP contribution in [0.3, 0.4) is 0 Å². The quantitative estimate of drug-likeness (QED) is 0.780. The largest absolute Gasteiger partial charge is 0.355 e. The first-order valence-corrected chi connectivity index (χ1v) is 8.43. The molecule has 1 amide bonds. The van der Waals surface area contributed by atoms with Crippen molar-refractivity contribution in [1.29, 1.82) is 0 Å². The molecule has 2 fully saturated rings. The Bertz CT molecular complexity index is 300. The third kappa shape index (κ3) is 4.45. The van der Waals surface area contributed by atoms with Gasteiger partial charge in [0, 0.05) is 19.0 Å². The Balaban J connectivity index is 1.63. The van der Waals surface area contributed by atoms with E-state index in [1.54, 1.807) is 0 Å². The van der Waals surface area contributed by atoms with Gasteiger partial charge in [-0.05, 0) is 70.0 Å². The molecular weight excluding hydrogens is 250 g/mol. The molecule has 20 heavy (non-hydrogen) atoms. The van der Waals surface area contributed by atoms with Crippen LogP contribution in [-0.2, 0) is 4.79 Å². The predicted molar refractivity (Wildman–Crippen MR) is 82.4 cm³/mol. The van der Waals surface area contributed by atoms with E-state index < -0.39 is 0 Å². The van der Waals surface area contributed by atoms with Crippen LogP contribution in [0.2, 0.25) is 0 Å². The SMILES string of the molecule is CCN1CCCC1CNC(=O)CC1CCC(CN)CC1. The van der Waals surface area contributed by atoms with E-state index in [1.807, 2.05) is 0 Å². The number of amides is 1. The summed E-state index contributed by atoms with van der Waals surface area (Å²) < 4.78 is 0. The first kappa shape index (κ1) is 15.8. The van der Waals surface area contributed by atoms with Crippen molar-refractivity contribution in [3.05, 3.63) is 0 Å². The average molecular weight is 281 g/mol. The maximum absolute atomic E-state index is 12.1. The van der Waals surface area contributed by atoms with Gasteiger partial charge in [-0.1, -0.05) is 6.92 Å². The molecule has 1 heterocycles. The number of nitrogens with two attached hydrogens (primary N) is 1. The molecule has 1 unspecified atom stereocenters. The molecular formula is C16H31N3O. The van der Waals surface area contributed by atoms with Gasteiger partial charge in [-0.25, -0.2) is 0 Å². The van der Waals surface area contributed by atoms with Gasteiger partial charge in [0.15, 0.2) is 0 Å². The van der Waals surface area contributed by atoms with Crippen LogP contribution in [0.5, 0.6) is 0 Å². The Morgan fingerprint density at radius 1 is 1.20 bits per heavy atom. The lowest BCUT2D eigenvalue weighted by Crippen LogP contribution is -2.40. The molecule has 1 saturated heterocycles. The zero-order chi connectivity index (χ0) is 14.4. The van der Waals surface area contributed by atoms with Crippen LogP contribution in [0, 0.1) is 11.8 Å². The van der Waals surface area contributed by atoms with Crippen LogP contribution in [0.1, 0.15) is 51.9 Å². The van der Waals surface area contributed by atoms with Gasteiger partial charge in [-0.15, -0.1) is 0 Å². The van der Waals surface area contributed by atoms with E-state index in [-0.39, 0.29) is 5.91 Å². The number of carbonyl (C=O) groups excluding carboxylic acids is 1. The summed E-state index contributed by atoms with van der Waals surface area (Å²) in [5.41, 5.74) is 5.71. The lowest BCUT2D eigenvalue weighted by molar-refractivity contribution is -0.122. The third-order valence-electron chi connectivity index (χ3n) is 5.21. The van der Waals surface area contributed by atoms with Gasteiger partial charge in [-0.3, -0.25) is 9.69 Å². The van der Waals surface area contributed by atoms with Gasteiger partial charge in [0.2, 0.25) is 5.91 Å². The van der Waals surface area contributed by atoms with Gasteiger partial charge < -0.3 is 11.1 Å². The maximum Gasteiger partial charge on any atom is 0.220 e. The Hall–Kier alpha value is -0.610. The van der Waals surface area contributed by atoms with Crippen molar-refractivity contribution < 1.29 is 4.79 Å². The highest BCUT2D eigenvalue weighted by Crippen LogP contribution is 2.30. The lowest BCUT2D eigenvalue weighted by atomic mass is 9.80. The van der Waals surface area contributed by atoms with Gasteiger partial charge in [-0.2, -0.15) is 0 Å². The molecule has 4 heteroatoms. The maximum atomic E-state index is 12.1. The number of likely N-dealkylation sites (tertiary alicyclic amines) is 1. The summed E-state index contributed by atoms with van der Waals surface area (Å²) in [6, 6.07) is 0.567. The van der Waals surface area contributed by atoms with Crippen LogP contribution in [-0.4, -0.2) is 43.0 Å². The predicted octanol–water partition coefficient (Wildman–Crippen LogP) is 1.74. The Morgan fingerprint density at radius 3 is 2.55 bits per heavy atom. The number of nitrogens with zero attached hydrogens (tertiary/aromatic N) is 1. The molecule has 0 aromatic carbocycles. The number of carbonyl (C=O) groups is 1. The highest BCUT2D eigenvalue weighted by Gasteiger charge is 2.25. The van der Waals surface area contributed by atoms with Crippen molar-refractivity contribution in [2.24, 2.45) is 17.6 Å². The molecule has 116 valence electrons. The van der Waals surface area contributed by atoms with Crippen molar-refractivity contribution in [3.63, 3.8) is 0 Å². The van der Waals surface area contributed by atoms with E-state index in [9.17, 15) is 4.79 Å². The monoisotopic (exact) mass is 281 g/mol. The van der Waals surface area contributed by atoms with Crippen LogP contribution in [0.25, 0.3) is 0 Å². The van der Waals surface area contributed by atoms with E-state index >= 15 is 0 Å². The highest BCUT2D eigenvalue weighted by atomic mass is 16.1. The van der Waals surface area contributed by atoms with E-state index in [0.717, 1.165) is 26.1 Å². The van der Waals surface area contributed by atoms with Crippen molar-refractivity contribution in [1.82, 2.24) is 10.2 Å². The summed E-state index contributed by atoms with van der Waals surface area (Å²) in [5.74, 6) is 1.54. The van der Waals surface area contributed by atoms with Gasteiger partial charge in [0.25, 0.3) is 0 Å². The second-order valence-electron chi connectivity index (χ2n) is 6.56. The van der Waals surface area contributed by atoms with Crippen LogP contribution >= 0.6 is 0 Å². The molecule has 2 rings (SSSR count). The second kappa shape index (κ2) is 7.99. The number of rotatable bonds is 6. The van der Waals surface area contributed by atoms with Gasteiger partial charge in [0.05, 0.1) is 0 Å².